The molecule has 0 aliphatic carbocycles. The number of hydrogen-bond acceptors (Lipinski definition) is 3. The monoisotopic (exact) mass is 254 g/mol. The second-order valence-corrected chi connectivity index (χ2v) is 5.19. The number of benzene rings is 1. The number of nitrogens with two attached hydrogens (primary N) is 1. The maximum absolute atomic E-state index is 6.03. The molecule has 0 saturated carbocycles. The molecule has 0 amide bonds. The van der Waals surface area contributed by atoms with Crippen LogP contribution >= 0.6 is 11.6 Å². The minimum Gasteiger partial charge on any atom is -0.398 e. The van der Waals surface area contributed by atoms with Gasteiger partial charge in [-0.1, -0.05) is 17.7 Å². The molecule has 17 heavy (non-hydrogen) atoms. The Morgan fingerprint density at radius 1 is 1.47 bits per heavy atom. The van der Waals surface area contributed by atoms with Crippen LogP contribution in [0.25, 0.3) is 0 Å². The minimum absolute atomic E-state index is 0.301. The van der Waals surface area contributed by atoms with Gasteiger partial charge in [0.2, 0.25) is 0 Å². The number of halogens is 1. The highest BCUT2D eigenvalue weighted by atomic mass is 35.5. The van der Waals surface area contributed by atoms with Gasteiger partial charge in [-0.15, -0.1) is 0 Å². The summed E-state index contributed by atoms with van der Waals surface area (Å²) >= 11 is 6.03. The fourth-order valence-corrected chi connectivity index (χ4v) is 2.30. The minimum atomic E-state index is 0.301. The molecule has 0 aromatic heterocycles. The standard InChI is InChI=1S/C13H19ClN2O/c1-9-8-17-10(2)6-16(9)7-11-3-4-13(15)12(14)5-11/h3-5,9-10H,6-8,15H2,1-2H3. The third-order valence-corrected chi connectivity index (χ3v) is 3.51. The summed E-state index contributed by atoms with van der Waals surface area (Å²) in [5.41, 5.74) is 7.54. The van der Waals surface area contributed by atoms with Crippen molar-refractivity contribution in [1.29, 1.82) is 0 Å². The van der Waals surface area contributed by atoms with Crippen molar-refractivity contribution in [3.05, 3.63) is 28.8 Å². The summed E-state index contributed by atoms with van der Waals surface area (Å²) in [6, 6.07) is 6.30. The molecule has 1 saturated heterocycles. The van der Waals surface area contributed by atoms with Crippen molar-refractivity contribution in [2.45, 2.75) is 32.5 Å². The molecule has 1 aromatic rings. The number of anilines is 1. The highest BCUT2D eigenvalue weighted by Crippen LogP contribution is 2.22. The van der Waals surface area contributed by atoms with Crippen LogP contribution < -0.4 is 5.73 Å². The summed E-state index contributed by atoms with van der Waals surface area (Å²) in [5.74, 6) is 0. The zero-order valence-electron chi connectivity index (χ0n) is 10.3. The number of hydrogen-bond donors (Lipinski definition) is 1. The maximum atomic E-state index is 6.03. The lowest BCUT2D eigenvalue weighted by molar-refractivity contribution is -0.0526. The summed E-state index contributed by atoms with van der Waals surface area (Å²) < 4.78 is 5.61. The van der Waals surface area contributed by atoms with Crippen molar-refractivity contribution in [2.75, 3.05) is 18.9 Å². The zero-order valence-corrected chi connectivity index (χ0v) is 11.1. The van der Waals surface area contributed by atoms with Crippen molar-refractivity contribution in [2.24, 2.45) is 0 Å². The first-order valence-electron chi connectivity index (χ1n) is 5.96. The first kappa shape index (κ1) is 12.7. The van der Waals surface area contributed by atoms with Crippen LogP contribution in [-0.2, 0) is 11.3 Å². The van der Waals surface area contributed by atoms with Crippen molar-refractivity contribution in [3.63, 3.8) is 0 Å². The summed E-state index contributed by atoms with van der Waals surface area (Å²) in [6.45, 7) is 6.95. The number of morpholine rings is 1. The summed E-state index contributed by atoms with van der Waals surface area (Å²) in [4.78, 5) is 2.41. The number of rotatable bonds is 2. The lowest BCUT2D eigenvalue weighted by Gasteiger charge is -2.36. The van der Waals surface area contributed by atoms with Crippen LogP contribution in [0.1, 0.15) is 19.4 Å². The van der Waals surface area contributed by atoms with E-state index in [0.717, 1.165) is 19.7 Å². The third-order valence-electron chi connectivity index (χ3n) is 3.19. The van der Waals surface area contributed by atoms with Gasteiger partial charge in [-0.25, -0.2) is 0 Å². The molecule has 2 N–H and O–H groups in total. The fourth-order valence-electron chi connectivity index (χ4n) is 2.10. The molecular formula is C13H19ClN2O. The van der Waals surface area contributed by atoms with Crippen LogP contribution in [0, 0.1) is 0 Å². The van der Waals surface area contributed by atoms with E-state index in [1.165, 1.54) is 5.56 Å². The van der Waals surface area contributed by atoms with Gasteiger partial charge in [0.05, 0.1) is 23.4 Å². The summed E-state index contributed by atoms with van der Waals surface area (Å²) in [7, 11) is 0. The van der Waals surface area contributed by atoms with Gasteiger partial charge < -0.3 is 10.5 Å². The van der Waals surface area contributed by atoms with Gasteiger partial charge in [0.25, 0.3) is 0 Å². The number of ether oxygens (including phenoxy) is 1. The summed E-state index contributed by atoms with van der Waals surface area (Å²) in [5, 5.41) is 0.636. The highest BCUT2D eigenvalue weighted by Gasteiger charge is 2.23. The van der Waals surface area contributed by atoms with E-state index in [2.05, 4.69) is 18.7 Å². The molecule has 94 valence electrons. The van der Waals surface area contributed by atoms with E-state index < -0.39 is 0 Å². The van der Waals surface area contributed by atoms with Gasteiger partial charge in [0.1, 0.15) is 0 Å². The van der Waals surface area contributed by atoms with E-state index in [9.17, 15) is 0 Å². The van der Waals surface area contributed by atoms with Gasteiger partial charge in [0, 0.05) is 19.1 Å². The molecule has 1 aliphatic heterocycles. The predicted molar refractivity (Wildman–Crippen MR) is 71.2 cm³/mol. The average molecular weight is 255 g/mol. The fraction of sp³-hybridized carbons (Fsp3) is 0.538. The second-order valence-electron chi connectivity index (χ2n) is 4.78. The molecule has 2 atom stereocenters. The molecule has 0 bridgehead atoms. The molecule has 1 heterocycles. The van der Waals surface area contributed by atoms with Gasteiger partial charge in [-0.2, -0.15) is 0 Å². The summed E-state index contributed by atoms with van der Waals surface area (Å²) in [6.07, 6.45) is 0.301. The zero-order chi connectivity index (χ0) is 12.4. The van der Waals surface area contributed by atoms with Gasteiger partial charge in [0.15, 0.2) is 0 Å². The van der Waals surface area contributed by atoms with E-state index in [4.69, 9.17) is 22.1 Å². The molecule has 4 heteroatoms. The number of nitrogens with zero attached hydrogens (tertiary/aromatic N) is 1. The molecule has 3 nitrogen and oxygen atoms in total. The topological polar surface area (TPSA) is 38.5 Å². The molecule has 0 radical (unpaired) electrons. The Morgan fingerprint density at radius 2 is 2.24 bits per heavy atom. The van der Waals surface area contributed by atoms with Crippen LogP contribution in [-0.4, -0.2) is 30.2 Å². The van der Waals surface area contributed by atoms with Gasteiger partial charge in [-0.3, -0.25) is 4.90 Å². The van der Waals surface area contributed by atoms with Crippen molar-refractivity contribution in [3.8, 4) is 0 Å². The van der Waals surface area contributed by atoms with Crippen LogP contribution in [0.5, 0.6) is 0 Å². The Hall–Kier alpha value is -0.770. The Bertz CT molecular complexity index is 397. The number of nitrogen functional groups attached to an aromatic ring is 1. The first-order chi connectivity index (χ1) is 8.06. The van der Waals surface area contributed by atoms with Crippen LogP contribution in [0.3, 0.4) is 0 Å². The van der Waals surface area contributed by atoms with E-state index in [-0.39, 0.29) is 0 Å². The van der Waals surface area contributed by atoms with Gasteiger partial charge >= 0.3 is 0 Å². The van der Waals surface area contributed by atoms with Crippen LogP contribution in [0.2, 0.25) is 5.02 Å². The third kappa shape index (κ3) is 3.12. The molecule has 2 unspecified atom stereocenters. The predicted octanol–water partition coefficient (Wildman–Crippen LogP) is 2.53. The van der Waals surface area contributed by atoms with Crippen molar-refractivity contribution >= 4 is 17.3 Å². The largest absolute Gasteiger partial charge is 0.398 e. The lowest BCUT2D eigenvalue weighted by Crippen LogP contribution is -2.46. The van der Waals surface area contributed by atoms with Crippen LogP contribution in [0.4, 0.5) is 5.69 Å². The van der Waals surface area contributed by atoms with E-state index in [1.807, 2.05) is 18.2 Å². The maximum Gasteiger partial charge on any atom is 0.0674 e. The Labute approximate surface area is 107 Å². The average Bonchev–Trinajstić information content (AvgIpc) is 2.29. The van der Waals surface area contributed by atoms with Gasteiger partial charge in [-0.05, 0) is 31.5 Å². The molecule has 2 rings (SSSR count). The van der Waals surface area contributed by atoms with Crippen molar-refractivity contribution < 1.29 is 4.74 Å². The lowest BCUT2D eigenvalue weighted by atomic mass is 10.1. The van der Waals surface area contributed by atoms with E-state index >= 15 is 0 Å². The first-order valence-corrected chi connectivity index (χ1v) is 6.33. The Balaban J connectivity index is 2.06. The second kappa shape index (κ2) is 5.25. The van der Waals surface area contributed by atoms with E-state index in [0.29, 0.717) is 22.9 Å². The highest BCUT2D eigenvalue weighted by molar-refractivity contribution is 6.33. The van der Waals surface area contributed by atoms with Crippen molar-refractivity contribution in [1.82, 2.24) is 4.90 Å². The molecular weight excluding hydrogens is 236 g/mol. The Morgan fingerprint density at radius 3 is 2.94 bits per heavy atom. The normalized spacial score (nSPS) is 26.1. The molecule has 0 spiro atoms. The molecule has 1 aromatic carbocycles. The quantitative estimate of drug-likeness (QED) is 0.825. The molecule has 1 aliphatic rings. The SMILES string of the molecule is CC1CN(Cc2ccc(N)c(Cl)c2)C(C)CO1. The van der Waals surface area contributed by atoms with E-state index in [1.54, 1.807) is 0 Å². The van der Waals surface area contributed by atoms with Crippen LogP contribution in [0.15, 0.2) is 18.2 Å². The molecule has 1 fully saturated rings. The Kier molecular flexibility index (Phi) is 3.92. The smallest absolute Gasteiger partial charge is 0.0674 e.